The maximum absolute atomic E-state index is 4.63. The Morgan fingerprint density at radius 1 is 0.625 bits per heavy atom. The molecule has 4 rings (SSSR count). The van der Waals surface area contributed by atoms with Crippen LogP contribution in [0, 0.1) is 0 Å². The van der Waals surface area contributed by atoms with Gasteiger partial charge in [0.25, 0.3) is 0 Å². The van der Waals surface area contributed by atoms with Crippen molar-refractivity contribution in [3.8, 4) is 11.4 Å². The molecular formula is C20H16N4. The van der Waals surface area contributed by atoms with Crippen LogP contribution in [-0.2, 0) is 0 Å². The normalized spacial score (nSPS) is 10.9. The molecule has 4 heteroatoms. The average Bonchev–Trinajstić information content (AvgIpc) is 3.14. The molecule has 0 fully saturated rings. The van der Waals surface area contributed by atoms with Crippen LogP contribution >= 0.6 is 0 Å². The minimum Gasteiger partial charge on any atom is -0.152 e. The van der Waals surface area contributed by atoms with Crippen molar-refractivity contribution in [2.45, 2.75) is 6.04 Å². The molecule has 0 aliphatic carbocycles. The Morgan fingerprint density at radius 2 is 1.12 bits per heavy atom. The number of rotatable bonds is 4. The quantitative estimate of drug-likeness (QED) is 0.572. The van der Waals surface area contributed by atoms with Crippen molar-refractivity contribution in [2.24, 2.45) is 0 Å². The first-order valence-corrected chi connectivity index (χ1v) is 7.86. The molecule has 0 spiro atoms. The van der Waals surface area contributed by atoms with Gasteiger partial charge in [-0.2, -0.15) is 4.80 Å². The predicted molar refractivity (Wildman–Crippen MR) is 93.4 cm³/mol. The fourth-order valence-electron chi connectivity index (χ4n) is 2.77. The van der Waals surface area contributed by atoms with Crippen LogP contribution in [0.1, 0.15) is 17.2 Å². The minimum atomic E-state index is -0.0997. The van der Waals surface area contributed by atoms with E-state index in [9.17, 15) is 0 Å². The number of nitrogens with zero attached hydrogens (tertiary/aromatic N) is 4. The highest BCUT2D eigenvalue weighted by atomic mass is 15.6. The molecule has 0 amide bonds. The molecule has 0 unspecified atom stereocenters. The van der Waals surface area contributed by atoms with E-state index in [1.807, 2.05) is 66.7 Å². The predicted octanol–water partition coefficient (Wildman–Crippen LogP) is 3.98. The lowest BCUT2D eigenvalue weighted by atomic mass is 9.99. The summed E-state index contributed by atoms with van der Waals surface area (Å²) < 4.78 is 0. The van der Waals surface area contributed by atoms with Gasteiger partial charge in [0.15, 0.2) is 0 Å². The molecule has 0 aliphatic rings. The van der Waals surface area contributed by atoms with Crippen LogP contribution in [0.3, 0.4) is 0 Å². The van der Waals surface area contributed by atoms with Crippen LogP contribution in [0.5, 0.6) is 0 Å². The molecule has 0 aliphatic heterocycles. The largest absolute Gasteiger partial charge is 0.204 e. The van der Waals surface area contributed by atoms with Crippen molar-refractivity contribution in [3.63, 3.8) is 0 Å². The summed E-state index contributed by atoms with van der Waals surface area (Å²) in [5.41, 5.74) is 3.21. The van der Waals surface area contributed by atoms with Gasteiger partial charge in [0.05, 0.1) is 0 Å². The molecule has 0 bridgehead atoms. The molecule has 116 valence electrons. The molecule has 0 saturated heterocycles. The van der Waals surface area contributed by atoms with Crippen molar-refractivity contribution < 1.29 is 0 Å². The molecule has 24 heavy (non-hydrogen) atoms. The van der Waals surface area contributed by atoms with E-state index < -0.39 is 0 Å². The summed E-state index contributed by atoms with van der Waals surface area (Å²) in [5.74, 6) is 0.632. The SMILES string of the molecule is c1ccc(-c2nnn(C(c3ccccc3)c3ccccc3)n2)cc1. The zero-order chi connectivity index (χ0) is 16.2. The van der Waals surface area contributed by atoms with Crippen LogP contribution in [0.15, 0.2) is 91.0 Å². The third-order valence-electron chi connectivity index (χ3n) is 3.92. The monoisotopic (exact) mass is 312 g/mol. The Kier molecular flexibility index (Phi) is 3.86. The molecule has 0 atom stereocenters. The van der Waals surface area contributed by atoms with E-state index in [0.29, 0.717) is 5.82 Å². The first-order valence-electron chi connectivity index (χ1n) is 7.86. The summed E-state index contributed by atoms with van der Waals surface area (Å²) in [5, 5.41) is 13.2. The van der Waals surface area contributed by atoms with Crippen LogP contribution < -0.4 is 0 Å². The second-order valence-corrected chi connectivity index (χ2v) is 5.52. The van der Waals surface area contributed by atoms with Crippen molar-refractivity contribution in [3.05, 3.63) is 102 Å². The van der Waals surface area contributed by atoms with E-state index in [4.69, 9.17) is 0 Å². The van der Waals surface area contributed by atoms with E-state index in [2.05, 4.69) is 39.7 Å². The number of tetrazole rings is 1. The van der Waals surface area contributed by atoms with Gasteiger partial charge in [0.1, 0.15) is 6.04 Å². The molecule has 3 aromatic carbocycles. The van der Waals surface area contributed by atoms with E-state index in [1.165, 1.54) is 0 Å². The van der Waals surface area contributed by atoms with E-state index >= 15 is 0 Å². The maximum atomic E-state index is 4.63. The number of hydrogen-bond acceptors (Lipinski definition) is 3. The van der Waals surface area contributed by atoms with Crippen molar-refractivity contribution in [1.29, 1.82) is 0 Å². The van der Waals surface area contributed by atoms with Crippen LogP contribution in [0.2, 0.25) is 0 Å². The molecular weight excluding hydrogens is 296 g/mol. The average molecular weight is 312 g/mol. The second-order valence-electron chi connectivity index (χ2n) is 5.52. The summed E-state index contributed by atoms with van der Waals surface area (Å²) in [6.45, 7) is 0. The number of aromatic nitrogens is 4. The maximum Gasteiger partial charge on any atom is 0.204 e. The first kappa shape index (κ1) is 14.3. The summed E-state index contributed by atoms with van der Waals surface area (Å²) >= 11 is 0. The van der Waals surface area contributed by atoms with E-state index in [1.54, 1.807) is 4.80 Å². The van der Waals surface area contributed by atoms with Gasteiger partial charge in [0.2, 0.25) is 5.82 Å². The van der Waals surface area contributed by atoms with Crippen LogP contribution in [0.4, 0.5) is 0 Å². The standard InChI is InChI=1S/C20H16N4/c1-4-10-16(11-5-1)19(17-12-6-2-7-13-17)24-22-20(21-23-24)18-14-8-3-9-15-18/h1-15,19H. The summed E-state index contributed by atoms with van der Waals surface area (Å²) in [7, 11) is 0. The second kappa shape index (κ2) is 6.46. The van der Waals surface area contributed by atoms with Gasteiger partial charge >= 0.3 is 0 Å². The Balaban J connectivity index is 1.79. The Morgan fingerprint density at radius 3 is 1.67 bits per heavy atom. The third-order valence-corrected chi connectivity index (χ3v) is 3.92. The van der Waals surface area contributed by atoms with Gasteiger partial charge in [-0.1, -0.05) is 91.0 Å². The Labute approximate surface area is 140 Å². The smallest absolute Gasteiger partial charge is 0.152 e. The zero-order valence-electron chi connectivity index (χ0n) is 13.0. The molecule has 0 N–H and O–H groups in total. The van der Waals surface area contributed by atoms with Crippen LogP contribution in [0.25, 0.3) is 11.4 Å². The van der Waals surface area contributed by atoms with Gasteiger partial charge in [0, 0.05) is 5.56 Å². The van der Waals surface area contributed by atoms with Gasteiger partial charge < -0.3 is 0 Å². The van der Waals surface area contributed by atoms with Crippen molar-refractivity contribution in [2.75, 3.05) is 0 Å². The summed E-state index contributed by atoms with van der Waals surface area (Å²) in [6.07, 6.45) is 0. The highest BCUT2D eigenvalue weighted by Gasteiger charge is 2.19. The van der Waals surface area contributed by atoms with Crippen molar-refractivity contribution in [1.82, 2.24) is 20.2 Å². The molecule has 4 nitrogen and oxygen atoms in total. The fraction of sp³-hybridized carbons (Fsp3) is 0.0500. The summed E-state index contributed by atoms with van der Waals surface area (Å²) in [4.78, 5) is 1.69. The van der Waals surface area contributed by atoms with Gasteiger partial charge in [-0.3, -0.25) is 0 Å². The highest BCUT2D eigenvalue weighted by Crippen LogP contribution is 2.25. The van der Waals surface area contributed by atoms with Crippen molar-refractivity contribution >= 4 is 0 Å². The lowest BCUT2D eigenvalue weighted by Crippen LogP contribution is -2.15. The van der Waals surface area contributed by atoms with Crippen LogP contribution in [-0.4, -0.2) is 20.2 Å². The molecule has 1 heterocycles. The lowest BCUT2D eigenvalue weighted by Gasteiger charge is -2.16. The first-order chi connectivity index (χ1) is 11.9. The van der Waals surface area contributed by atoms with Gasteiger partial charge in [-0.25, -0.2) is 0 Å². The number of benzene rings is 3. The van der Waals surface area contributed by atoms with Gasteiger partial charge in [-0.15, -0.1) is 10.2 Å². The molecule has 4 aromatic rings. The number of hydrogen-bond donors (Lipinski definition) is 0. The Hall–Kier alpha value is -3.27. The Bertz CT molecular complexity index is 863. The fourth-order valence-corrected chi connectivity index (χ4v) is 2.77. The molecule has 0 saturated carbocycles. The highest BCUT2D eigenvalue weighted by molar-refractivity contribution is 5.53. The summed E-state index contributed by atoms with van der Waals surface area (Å²) in [6, 6.07) is 30.3. The van der Waals surface area contributed by atoms with Gasteiger partial charge in [-0.05, 0) is 16.3 Å². The third kappa shape index (κ3) is 2.82. The molecule has 0 radical (unpaired) electrons. The zero-order valence-corrected chi connectivity index (χ0v) is 13.0. The van der Waals surface area contributed by atoms with E-state index in [0.717, 1.165) is 16.7 Å². The minimum absolute atomic E-state index is 0.0997. The lowest BCUT2D eigenvalue weighted by molar-refractivity contribution is 0.505. The molecule has 1 aromatic heterocycles. The van der Waals surface area contributed by atoms with E-state index in [-0.39, 0.29) is 6.04 Å². The topological polar surface area (TPSA) is 43.6 Å².